The Hall–Kier alpha value is -1.03. The van der Waals surface area contributed by atoms with Crippen LogP contribution in [-0.2, 0) is 6.42 Å². The zero-order valence-corrected chi connectivity index (χ0v) is 8.82. The number of carbonyl (C=O) groups is 1. The van der Waals surface area contributed by atoms with E-state index in [4.69, 9.17) is 5.11 Å². The molecule has 0 aromatic heterocycles. The summed E-state index contributed by atoms with van der Waals surface area (Å²) in [5.41, 5.74) is 0.589. The maximum Gasteiger partial charge on any atom is 0.338 e. The van der Waals surface area contributed by atoms with Gasteiger partial charge in [-0.2, -0.15) is 0 Å². The van der Waals surface area contributed by atoms with Gasteiger partial charge in [0.2, 0.25) is 0 Å². The van der Waals surface area contributed by atoms with Gasteiger partial charge in [-0.25, -0.2) is 9.18 Å². The van der Waals surface area contributed by atoms with Crippen LogP contribution in [0.2, 0.25) is 0 Å². The van der Waals surface area contributed by atoms with Gasteiger partial charge in [0.1, 0.15) is 5.82 Å². The summed E-state index contributed by atoms with van der Waals surface area (Å²) in [5.74, 6) is -1.88. The van der Waals surface area contributed by atoms with E-state index < -0.39 is 11.8 Å². The zero-order chi connectivity index (χ0) is 10.7. The number of benzene rings is 1. The fraction of sp³-hybridized carbons (Fsp3) is 0.300. The summed E-state index contributed by atoms with van der Waals surface area (Å²) in [6.07, 6.45) is 2.55. The first-order valence-electron chi connectivity index (χ1n) is 4.19. The van der Waals surface area contributed by atoms with Crippen molar-refractivity contribution < 1.29 is 14.3 Å². The van der Waals surface area contributed by atoms with E-state index in [1.165, 1.54) is 23.9 Å². The molecule has 0 atom stereocenters. The van der Waals surface area contributed by atoms with Crippen LogP contribution in [0.25, 0.3) is 0 Å². The second-order valence-electron chi connectivity index (χ2n) is 2.80. The van der Waals surface area contributed by atoms with Crippen LogP contribution < -0.4 is 0 Å². The molecule has 0 saturated carbocycles. The maximum absolute atomic E-state index is 13.2. The first kappa shape index (κ1) is 11.0. The van der Waals surface area contributed by atoms with Crippen LogP contribution in [-0.4, -0.2) is 17.3 Å². The minimum Gasteiger partial charge on any atom is -0.478 e. The smallest absolute Gasteiger partial charge is 0.338 e. The van der Waals surface area contributed by atoms with E-state index in [9.17, 15) is 9.18 Å². The molecule has 0 radical (unpaired) electrons. The van der Waals surface area contributed by atoms with Gasteiger partial charge in [-0.3, -0.25) is 0 Å². The molecular weight excluding hydrogens is 203 g/mol. The van der Waals surface area contributed by atoms with Gasteiger partial charge in [-0.1, -0.05) is 6.92 Å². The summed E-state index contributed by atoms with van der Waals surface area (Å²) >= 11 is 1.43. The lowest BCUT2D eigenvalue weighted by molar-refractivity contribution is 0.0691. The summed E-state index contributed by atoms with van der Waals surface area (Å²) in [4.78, 5) is 11.5. The van der Waals surface area contributed by atoms with Crippen molar-refractivity contribution in [2.75, 3.05) is 6.26 Å². The molecule has 1 rings (SSSR count). The number of carboxylic acids is 1. The molecule has 1 aromatic rings. The lowest BCUT2D eigenvalue weighted by Gasteiger charge is -2.07. The molecule has 0 amide bonds. The van der Waals surface area contributed by atoms with E-state index in [-0.39, 0.29) is 5.56 Å². The Labute approximate surface area is 86.1 Å². The number of aryl methyl sites for hydroxylation is 1. The zero-order valence-electron chi connectivity index (χ0n) is 8.00. The number of thioether (sulfide) groups is 1. The molecule has 0 aliphatic carbocycles. The molecule has 1 aromatic carbocycles. The third kappa shape index (κ3) is 2.07. The predicted molar refractivity (Wildman–Crippen MR) is 54.5 cm³/mol. The Bertz CT molecular complexity index is 363. The Morgan fingerprint density at radius 3 is 2.64 bits per heavy atom. The second kappa shape index (κ2) is 4.46. The normalized spacial score (nSPS) is 10.2. The van der Waals surface area contributed by atoms with Crippen LogP contribution in [0.3, 0.4) is 0 Å². The van der Waals surface area contributed by atoms with Crippen molar-refractivity contribution in [3.63, 3.8) is 0 Å². The number of carboxylic acid groups (broad SMARTS) is 1. The minimum atomic E-state index is -1.22. The largest absolute Gasteiger partial charge is 0.478 e. The van der Waals surface area contributed by atoms with E-state index in [0.29, 0.717) is 6.42 Å². The molecule has 2 nitrogen and oxygen atoms in total. The summed E-state index contributed by atoms with van der Waals surface area (Å²) in [5, 5.41) is 8.70. The maximum atomic E-state index is 13.2. The van der Waals surface area contributed by atoms with Crippen LogP contribution in [0.5, 0.6) is 0 Å². The first-order chi connectivity index (χ1) is 6.60. The van der Waals surface area contributed by atoms with Gasteiger partial charge in [0, 0.05) is 4.90 Å². The number of aromatic carboxylic acids is 1. The van der Waals surface area contributed by atoms with Crippen LogP contribution in [0, 0.1) is 5.82 Å². The fourth-order valence-corrected chi connectivity index (χ4v) is 1.93. The highest BCUT2D eigenvalue weighted by atomic mass is 32.2. The standard InChI is InChI=1S/C10H11FO2S/c1-3-6-4-8(11)7(10(12)13)5-9(6)14-2/h4-5H,3H2,1-2H3,(H,12,13). The van der Waals surface area contributed by atoms with E-state index in [2.05, 4.69) is 0 Å². The van der Waals surface area contributed by atoms with Crippen LogP contribution in [0.1, 0.15) is 22.8 Å². The van der Waals surface area contributed by atoms with Crippen molar-refractivity contribution in [1.29, 1.82) is 0 Å². The molecule has 0 heterocycles. The van der Waals surface area contributed by atoms with Crippen LogP contribution >= 0.6 is 11.8 Å². The molecule has 1 N–H and O–H groups in total. The fourth-order valence-electron chi connectivity index (χ4n) is 1.22. The Balaban J connectivity index is 3.30. The van der Waals surface area contributed by atoms with Gasteiger partial charge in [-0.05, 0) is 30.4 Å². The third-order valence-corrected chi connectivity index (χ3v) is 2.80. The Kier molecular flexibility index (Phi) is 3.52. The highest BCUT2D eigenvalue weighted by Gasteiger charge is 2.13. The predicted octanol–water partition coefficient (Wildman–Crippen LogP) is 2.81. The van der Waals surface area contributed by atoms with Crippen molar-refractivity contribution in [3.8, 4) is 0 Å². The lowest BCUT2D eigenvalue weighted by Crippen LogP contribution is -2.02. The quantitative estimate of drug-likeness (QED) is 0.786. The van der Waals surface area contributed by atoms with Crippen LogP contribution in [0.4, 0.5) is 4.39 Å². The van der Waals surface area contributed by atoms with E-state index in [1.54, 1.807) is 0 Å². The Morgan fingerprint density at radius 1 is 1.57 bits per heavy atom. The first-order valence-corrected chi connectivity index (χ1v) is 5.42. The third-order valence-electron chi connectivity index (χ3n) is 1.98. The molecule has 0 aliphatic heterocycles. The average Bonchev–Trinajstić information content (AvgIpc) is 2.16. The van der Waals surface area contributed by atoms with Crippen LogP contribution in [0.15, 0.2) is 17.0 Å². The van der Waals surface area contributed by atoms with Crippen molar-refractivity contribution in [1.82, 2.24) is 0 Å². The van der Waals surface area contributed by atoms with E-state index in [0.717, 1.165) is 10.5 Å². The van der Waals surface area contributed by atoms with E-state index in [1.807, 2.05) is 13.2 Å². The van der Waals surface area contributed by atoms with Gasteiger partial charge in [0.15, 0.2) is 0 Å². The SMILES string of the molecule is CCc1cc(F)c(C(=O)O)cc1SC. The molecule has 0 spiro atoms. The molecule has 0 fully saturated rings. The summed E-state index contributed by atoms with van der Waals surface area (Å²) in [6, 6.07) is 2.69. The highest BCUT2D eigenvalue weighted by molar-refractivity contribution is 7.98. The molecule has 0 saturated heterocycles. The summed E-state index contributed by atoms with van der Waals surface area (Å²) in [7, 11) is 0. The van der Waals surface area contributed by atoms with Gasteiger partial charge < -0.3 is 5.11 Å². The molecule has 0 bridgehead atoms. The molecule has 14 heavy (non-hydrogen) atoms. The van der Waals surface area contributed by atoms with Gasteiger partial charge >= 0.3 is 5.97 Å². The highest BCUT2D eigenvalue weighted by Crippen LogP contribution is 2.24. The average molecular weight is 214 g/mol. The monoisotopic (exact) mass is 214 g/mol. The molecule has 76 valence electrons. The van der Waals surface area contributed by atoms with Crippen molar-refractivity contribution in [3.05, 3.63) is 29.1 Å². The molecule has 4 heteroatoms. The number of hydrogen-bond donors (Lipinski definition) is 1. The molecule has 0 aliphatic rings. The van der Waals surface area contributed by atoms with E-state index >= 15 is 0 Å². The van der Waals surface area contributed by atoms with Gasteiger partial charge in [0.05, 0.1) is 5.56 Å². The van der Waals surface area contributed by atoms with Gasteiger partial charge in [-0.15, -0.1) is 11.8 Å². The summed E-state index contributed by atoms with van der Waals surface area (Å²) < 4.78 is 13.2. The lowest BCUT2D eigenvalue weighted by atomic mass is 10.1. The minimum absolute atomic E-state index is 0.258. The molecule has 0 unspecified atom stereocenters. The number of hydrogen-bond acceptors (Lipinski definition) is 2. The number of rotatable bonds is 3. The van der Waals surface area contributed by atoms with Gasteiger partial charge in [0.25, 0.3) is 0 Å². The topological polar surface area (TPSA) is 37.3 Å². The molecular formula is C10H11FO2S. The van der Waals surface area contributed by atoms with Crippen molar-refractivity contribution >= 4 is 17.7 Å². The van der Waals surface area contributed by atoms with Crippen molar-refractivity contribution in [2.24, 2.45) is 0 Å². The van der Waals surface area contributed by atoms with Crippen molar-refractivity contribution in [2.45, 2.75) is 18.2 Å². The Morgan fingerprint density at radius 2 is 2.21 bits per heavy atom. The summed E-state index contributed by atoms with van der Waals surface area (Å²) in [6.45, 7) is 1.91. The second-order valence-corrected chi connectivity index (χ2v) is 3.65. The number of halogens is 1.